The predicted octanol–water partition coefficient (Wildman–Crippen LogP) is 1.90. The molecule has 166 valence electrons. The molecular weight excluding hydrogens is 384 g/mol. The minimum absolute atomic E-state index is 0.0570. The van der Waals surface area contributed by atoms with Gasteiger partial charge in [-0.1, -0.05) is 6.92 Å². The van der Waals surface area contributed by atoms with Crippen molar-refractivity contribution in [2.75, 3.05) is 26.4 Å². The van der Waals surface area contributed by atoms with E-state index in [-0.39, 0.29) is 63.3 Å². The number of hydrogen-bond acceptors (Lipinski definition) is 7. The van der Waals surface area contributed by atoms with Crippen LogP contribution in [0.2, 0.25) is 0 Å². The molecule has 0 bridgehead atoms. The molecule has 0 spiro atoms. The van der Waals surface area contributed by atoms with E-state index in [1.165, 1.54) is 6.92 Å². The van der Waals surface area contributed by atoms with Gasteiger partial charge in [-0.25, -0.2) is 0 Å². The van der Waals surface area contributed by atoms with Crippen molar-refractivity contribution in [2.24, 2.45) is 11.8 Å². The second-order valence-corrected chi connectivity index (χ2v) is 7.00. The molecule has 0 amide bonds. The quantitative estimate of drug-likeness (QED) is 0.302. The fourth-order valence-corrected chi connectivity index (χ4v) is 2.60. The minimum atomic E-state index is -1.19. The molecular formula is C20H32O9. The van der Waals surface area contributed by atoms with E-state index in [9.17, 15) is 29.1 Å². The number of Topliss-reactive ketones (excluding diaryl/α,β-unsaturated/α-hetero) is 3. The highest BCUT2D eigenvalue weighted by molar-refractivity contribution is 5.86. The maximum atomic E-state index is 12.0. The lowest BCUT2D eigenvalue weighted by atomic mass is 9.91. The molecule has 0 unspecified atom stereocenters. The summed E-state index contributed by atoms with van der Waals surface area (Å²) in [7, 11) is 0. The van der Waals surface area contributed by atoms with Crippen LogP contribution in [-0.4, -0.2) is 65.9 Å². The Labute approximate surface area is 170 Å². The van der Waals surface area contributed by atoms with Gasteiger partial charge in [0.1, 0.15) is 18.2 Å². The second-order valence-electron chi connectivity index (χ2n) is 7.00. The van der Waals surface area contributed by atoms with E-state index >= 15 is 0 Å². The van der Waals surface area contributed by atoms with Crippen LogP contribution >= 0.6 is 0 Å². The van der Waals surface area contributed by atoms with Crippen LogP contribution in [0.15, 0.2) is 0 Å². The van der Waals surface area contributed by atoms with E-state index in [0.717, 1.165) is 6.42 Å². The first kappa shape index (κ1) is 26.9. The Bertz CT molecular complexity index is 556. The molecule has 0 rings (SSSR count). The van der Waals surface area contributed by atoms with Crippen LogP contribution in [0.1, 0.15) is 58.8 Å². The lowest BCUT2D eigenvalue weighted by molar-refractivity contribution is -0.146. The Kier molecular flexibility index (Phi) is 14.6. The second kappa shape index (κ2) is 15.8. The van der Waals surface area contributed by atoms with Crippen molar-refractivity contribution in [1.82, 2.24) is 0 Å². The highest BCUT2D eigenvalue weighted by atomic mass is 16.5. The van der Waals surface area contributed by atoms with E-state index in [1.54, 1.807) is 0 Å². The van der Waals surface area contributed by atoms with Crippen molar-refractivity contribution in [3.05, 3.63) is 0 Å². The summed E-state index contributed by atoms with van der Waals surface area (Å²) in [6.07, 6.45) is 0.297. The van der Waals surface area contributed by atoms with Crippen molar-refractivity contribution in [2.45, 2.75) is 58.8 Å². The summed E-state index contributed by atoms with van der Waals surface area (Å²) in [5.74, 6) is -5.30. The lowest BCUT2D eigenvalue weighted by Gasteiger charge is -2.13. The molecule has 0 aromatic heterocycles. The van der Waals surface area contributed by atoms with Crippen LogP contribution < -0.4 is 0 Å². The SMILES string of the molecule is CCCOCCOCC(=O)C[C@@H](CCC(=O)C[C@@H](CCC(C)=O)C(=O)O)C(=O)O. The molecule has 2 atom stereocenters. The van der Waals surface area contributed by atoms with Gasteiger partial charge in [0.15, 0.2) is 5.78 Å². The van der Waals surface area contributed by atoms with E-state index in [0.29, 0.717) is 13.2 Å². The maximum Gasteiger partial charge on any atom is 0.306 e. The summed E-state index contributed by atoms with van der Waals surface area (Å²) < 4.78 is 10.3. The molecule has 0 aromatic rings. The summed E-state index contributed by atoms with van der Waals surface area (Å²) in [6, 6.07) is 0. The van der Waals surface area contributed by atoms with Crippen LogP contribution in [0.3, 0.4) is 0 Å². The van der Waals surface area contributed by atoms with Crippen molar-refractivity contribution < 1.29 is 43.7 Å². The third-order valence-corrected chi connectivity index (χ3v) is 4.25. The van der Waals surface area contributed by atoms with Crippen LogP contribution in [-0.2, 0) is 33.4 Å². The molecule has 2 N–H and O–H groups in total. The molecule has 0 radical (unpaired) electrons. The molecule has 0 saturated carbocycles. The van der Waals surface area contributed by atoms with Gasteiger partial charge in [-0.2, -0.15) is 0 Å². The van der Waals surface area contributed by atoms with Gasteiger partial charge in [0.25, 0.3) is 0 Å². The summed E-state index contributed by atoms with van der Waals surface area (Å²) in [5.41, 5.74) is 0. The summed E-state index contributed by atoms with van der Waals surface area (Å²) in [4.78, 5) is 57.5. The van der Waals surface area contributed by atoms with Crippen molar-refractivity contribution in [3.63, 3.8) is 0 Å². The van der Waals surface area contributed by atoms with Gasteiger partial charge in [-0.15, -0.1) is 0 Å². The normalized spacial score (nSPS) is 12.9. The fourth-order valence-electron chi connectivity index (χ4n) is 2.60. The number of ether oxygens (including phenoxy) is 2. The van der Waals surface area contributed by atoms with Crippen molar-refractivity contribution >= 4 is 29.3 Å². The summed E-state index contributed by atoms with van der Waals surface area (Å²) in [6.45, 7) is 4.28. The van der Waals surface area contributed by atoms with Crippen LogP contribution in [0.4, 0.5) is 0 Å². The monoisotopic (exact) mass is 416 g/mol. The van der Waals surface area contributed by atoms with E-state index in [4.69, 9.17) is 14.6 Å². The zero-order valence-electron chi connectivity index (χ0n) is 17.2. The van der Waals surface area contributed by atoms with Gasteiger partial charge in [0, 0.05) is 32.3 Å². The molecule has 0 heterocycles. The molecule has 0 fully saturated rings. The number of hydrogen-bond donors (Lipinski definition) is 2. The Morgan fingerprint density at radius 3 is 1.79 bits per heavy atom. The summed E-state index contributed by atoms with van der Waals surface area (Å²) in [5, 5.41) is 18.4. The Hall–Kier alpha value is -2.13. The first-order chi connectivity index (χ1) is 13.7. The number of carbonyl (C=O) groups is 5. The van der Waals surface area contributed by atoms with Gasteiger partial charge in [0.05, 0.1) is 25.0 Å². The average molecular weight is 416 g/mol. The maximum absolute atomic E-state index is 12.0. The molecule has 29 heavy (non-hydrogen) atoms. The van der Waals surface area contributed by atoms with Gasteiger partial charge < -0.3 is 24.5 Å². The molecule has 0 aliphatic heterocycles. The van der Waals surface area contributed by atoms with E-state index < -0.39 is 29.6 Å². The number of carbonyl (C=O) groups excluding carboxylic acids is 3. The zero-order valence-corrected chi connectivity index (χ0v) is 17.2. The molecule has 9 nitrogen and oxygen atoms in total. The largest absolute Gasteiger partial charge is 0.481 e. The average Bonchev–Trinajstić information content (AvgIpc) is 2.64. The van der Waals surface area contributed by atoms with Crippen LogP contribution in [0.25, 0.3) is 0 Å². The number of rotatable bonds is 19. The topological polar surface area (TPSA) is 144 Å². The van der Waals surface area contributed by atoms with Gasteiger partial charge in [0.2, 0.25) is 0 Å². The first-order valence-corrected chi connectivity index (χ1v) is 9.81. The van der Waals surface area contributed by atoms with Gasteiger partial charge >= 0.3 is 11.9 Å². The molecule has 0 aromatic carbocycles. The number of aliphatic carboxylic acids is 2. The molecule has 0 aliphatic rings. The molecule has 0 aliphatic carbocycles. The highest BCUT2D eigenvalue weighted by Gasteiger charge is 2.25. The van der Waals surface area contributed by atoms with Crippen molar-refractivity contribution in [1.29, 1.82) is 0 Å². The smallest absolute Gasteiger partial charge is 0.306 e. The number of ketones is 3. The Balaban J connectivity index is 4.35. The lowest BCUT2D eigenvalue weighted by Crippen LogP contribution is -2.23. The predicted molar refractivity (Wildman–Crippen MR) is 103 cm³/mol. The Morgan fingerprint density at radius 1 is 0.759 bits per heavy atom. The van der Waals surface area contributed by atoms with Crippen molar-refractivity contribution in [3.8, 4) is 0 Å². The summed E-state index contributed by atoms with van der Waals surface area (Å²) >= 11 is 0. The van der Waals surface area contributed by atoms with Gasteiger partial charge in [-0.05, 0) is 26.2 Å². The zero-order chi connectivity index (χ0) is 22.2. The number of carboxylic acids is 2. The van der Waals surface area contributed by atoms with Crippen LogP contribution in [0, 0.1) is 11.8 Å². The van der Waals surface area contributed by atoms with Gasteiger partial charge in [-0.3, -0.25) is 19.2 Å². The third-order valence-electron chi connectivity index (χ3n) is 4.25. The molecule has 0 saturated heterocycles. The first-order valence-electron chi connectivity index (χ1n) is 9.81. The van der Waals surface area contributed by atoms with Crippen LogP contribution in [0.5, 0.6) is 0 Å². The van der Waals surface area contributed by atoms with E-state index in [2.05, 4.69) is 0 Å². The standard InChI is InChI=1S/C20H32O9/c1-3-8-28-9-10-29-13-18(23)12-16(20(26)27)6-7-17(22)11-15(19(24)25)5-4-14(2)21/h15-16H,3-13H2,1-2H3,(H,24,25)(H,26,27)/t15-,16-/m1/s1. The fraction of sp³-hybridized carbons (Fsp3) is 0.750. The Morgan fingerprint density at radius 2 is 1.28 bits per heavy atom. The highest BCUT2D eigenvalue weighted by Crippen LogP contribution is 2.18. The minimum Gasteiger partial charge on any atom is -0.481 e. The number of carboxylic acid groups (broad SMARTS) is 2. The van der Waals surface area contributed by atoms with E-state index in [1.807, 2.05) is 6.92 Å². The molecule has 9 heteroatoms. The third kappa shape index (κ3) is 14.5.